The summed E-state index contributed by atoms with van der Waals surface area (Å²) in [5, 5.41) is 19.5. The van der Waals surface area contributed by atoms with Crippen molar-refractivity contribution < 1.29 is 14.6 Å². The van der Waals surface area contributed by atoms with Crippen molar-refractivity contribution >= 4 is 34.0 Å². The van der Waals surface area contributed by atoms with Gasteiger partial charge in [-0.1, -0.05) is 35.0 Å². The Labute approximate surface area is 190 Å². The summed E-state index contributed by atoms with van der Waals surface area (Å²) in [4.78, 5) is 0.776. The number of halogens is 1. The molecular formula is C23H24ClN3O3S. The highest BCUT2D eigenvalue weighted by Gasteiger charge is 2.20. The van der Waals surface area contributed by atoms with Crippen molar-refractivity contribution in [3.8, 4) is 5.75 Å². The van der Waals surface area contributed by atoms with Crippen LogP contribution in [0.15, 0.2) is 42.5 Å². The summed E-state index contributed by atoms with van der Waals surface area (Å²) >= 11 is 7.81. The number of fused-ring (bicyclic) bond motifs is 1. The Balaban J connectivity index is 1.47. The Morgan fingerprint density at radius 2 is 1.94 bits per heavy atom. The lowest BCUT2D eigenvalue weighted by Crippen LogP contribution is -2.01. The van der Waals surface area contributed by atoms with E-state index in [0.717, 1.165) is 50.5 Å². The predicted octanol–water partition coefficient (Wildman–Crippen LogP) is 5.28. The molecule has 1 atom stereocenters. The summed E-state index contributed by atoms with van der Waals surface area (Å²) in [5.41, 5.74) is 5.42. The van der Waals surface area contributed by atoms with Crippen molar-refractivity contribution in [2.75, 3.05) is 7.11 Å². The van der Waals surface area contributed by atoms with E-state index in [1.165, 1.54) is 11.3 Å². The molecule has 0 aliphatic rings. The number of aromatic nitrogens is 3. The van der Waals surface area contributed by atoms with Gasteiger partial charge in [-0.25, -0.2) is 4.68 Å². The standard InChI is InChI=1S/C23H24ClN3O3S/c1-4-27-19-10-9-18(14(2)21(19)25-26-27)22(28)20-11-16(23(24)31-20)13-30-12-15-5-7-17(29-3)8-6-15/h5-11,22,28H,4,12-13H2,1-3H3. The number of hydrogen-bond donors (Lipinski definition) is 1. The zero-order chi connectivity index (χ0) is 22.0. The van der Waals surface area contributed by atoms with E-state index in [9.17, 15) is 5.11 Å². The molecule has 1 unspecified atom stereocenters. The van der Waals surface area contributed by atoms with Crippen LogP contribution in [0.25, 0.3) is 11.0 Å². The van der Waals surface area contributed by atoms with E-state index in [0.29, 0.717) is 17.6 Å². The van der Waals surface area contributed by atoms with Crippen LogP contribution < -0.4 is 4.74 Å². The van der Waals surface area contributed by atoms with Gasteiger partial charge in [0.1, 0.15) is 17.4 Å². The SMILES string of the molecule is CCn1nnc2c(C)c(C(O)c3cc(COCc4ccc(OC)cc4)c(Cl)s3)ccc21. The highest BCUT2D eigenvalue weighted by Crippen LogP contribution is 2.37. The Morgan fingerprint density at radius 1 is 1.16 bits per heavy atom. The van der Waals surface area contributed by atoms with Gasteiger partial charge in [-0.2, -0.15) is 0 Å². The summed E-state index contributed by atoms with van der Waals surface area (Å²) in [6.45, 7) is 5.58. The van der Waals surface area contributed by atoms with Crippen LogP contribution in [0.1, 0.15) is 40.2 Å². The maximum Gasteiger partial charge on any atom is 0.118 e. The lowest BCUT2D eigenvalue weighted by molar-refractivity contribution is 0.107. The van der Waals surface area contributed by atoms with E-state index in [4.69, 9.17) is 21.1 Å². The molecule has 6 nitrogen and oxygen atoms in total. The Morgan fingerprint density at radius 3 is 2.65 bits per heavy atom. The Kier molecular flexibility index (Phi) is 6.57. The third-order valence-electron chi connectivity index (χ3n) is 5.31. The minimum Gasteiger partial charge on any atom is -0.497 e. The number of aryl methyl sites for hydroxylation is 2. The summed E-state index contributed by atoms with van der Waals surface area (Å²) in [6.07, 6.45) is -0.783. The second kappa shape index (κ2) is 9.36. The normalized spacial score (nSPS) is 12.4. The Hall–Kier alpha value is -2.45. The summed E-state index contributed by atoms with van der Waals surface area (Å²) < 4.78 is 13.5. The van der Waals surface area contributed by atoms with E-state index in [2.05, 4.69) is 10.3 Å². The number of rotatable bonds is 8. The fourth-order valence-electron chi connectivity index (χ4n) is 3.53. The van der Waals surface area contributed by atoms with E-state index >= 15 is 0 Å². The fraction of sp³-hybridized carbons (Fsp3) is 0.304. The molecule has 0 bridgehead atoms. The molecule has 2 heterocycles. The largest absolute Gasteiger partial charge is 0.497 e. The molecule has 4 rings (SSSR count). The van der Waals surface area contributed by atoms with Gasteiger partial charge < -0.3 is 14.6 Å². The highest BCUT2D eigenvalue weighted by molar-refractivity contribution is 7.16. The molecule has 0 aliphatic carbocycles. The summed E-state index contributed by atoms with van der Waals surface area (Å²) in [6, 6.07) is 13.6. The van der Waals surface area contributed by atoms with Crippen molar-refractivity contribution in [3.63, 3.8) is 0 Å². The fourth-order valence-corrected chi connectivity index (χ4v) is 4.80. The molecule has 0 spiro atoms. The first kappa shape index (κ1) is 21.8. The molecule has 0 saturated carbocycles. The first-order chi connectivity index (χ1) is 15.0. The predicted molar refractivity (Wildman–Crippen MR) is 123 cm³/mol. The van der Waals surface area contributed by atoms with Gasteiger partial charge in [0.05, 0.1) is 30.2 Å². The van der Waals surface area contributed by atoms with Crippen molar-refractivity contribution in [3.05, 3.63) is 73.9 Å². The van der Waals surface area contributed by atoms with E-state index in [1.807, 2.05) is 61.0 Å². The molecule has 8 heteroatoms. The van der Waals surface area contributed by atoms with Crippen LogP contribution in [-0.2, 0) is 24.5 Å². The van der Waals surface area contributed by atoms with Gasteiger partial charge in [0.15, 0.2) is 0 Å². The van der Waals surface area contributed by atoms with Crippen LogP contribution >= 0.6 is 22.9 Å². The zero-order valence-corrected chi connectivity index (χ0v) is 19.2. The van der Waals surface area contributed by atoms with E-state index in [-0.39, 0.29) is 0 Å². The molecule has 4 aromatic rings. The number of hydrogen-bond acceptors (Lipinski definition) is 6. The number of aliphatic hydroxyl groups excluding tert-OH is 1. The lowest BCUT2D eigenvalue weighted by atomic mass is 10.0. The number of aliphatic hydroxyl groups is 1. The van der Waals surface area contributed by atoms with Crippen LogP contribution in [0, 0.1) is 6.92 Å². The molecule has 1 N–H and O–H groups in total. The summed E-state index contributed by atoms with van der Waals surface area (Å²) in [5.74, 6) is 0.814. The molecule has 0 amide bonds. The molecular weight excluding hydrogens is 434 g/mol. The van der Waals surface area contributed by atoms with Gasteiger partial charge >= 0.3 is 0 Å². The van der Waals surface area contributed by atoms with Crippen molar-refractivity contribution in [2.24, 2.45) is 0 Å². The quantitative estimate of drug-likeness (QED) is 0.389. The number of nitrogens with zero attached hydrogens (tertiary/aromatic N) is 3. The van der Waals surface area contributed by atoms with Gasteiger partial charge in [-0.05, 0) is 54.8 Å². The van der Waals surface area contributed by atoms with Gasteiger partial charge in [-0.3, -0.25) is 0 Å². The maximum atomic E-state index is 11.0. The van der Waals surface area contributed by atoms with Crippen LogP contribution in [0.3, 0.4) is 0 Å². The molecule has 2 aromatic heterocycles. The van der Waals surface area contributed by atoms with Crippen LogP contribution in [0.5, 0.6) is 5.75 Å². The van der Waals surface area contributed by atoms with E-state index < -0.39 is 6.10 Å². The van der Waals surface area contributed by atoms with Crippen molar-refractivity contribution in [1.82, 2.24) is 15.0 Å². The van der Waals surface area contributed by atoms with Crippen molar-refractivity contribution in [2.45, 2.75) is 39.7 Å². The molecule has 162 valence electrons. The molecule has 0 saturated heterocycles. The zero-order valence-electron chi connectivity index (χ0n) is 17.6. The second-order valence-electron chi connectivity index (χ2n) is 7.24. The topological polar surface area (TPSA) is 69.4 Å². The highest BCUT2D eigenvalue weighted by atomic mass is 35.5. The minimum absolute atomic E-state index is 0.372. The summed E-state index contributed by atoms with van der Waals surface area (Å²) in [7, 11) is 1.64. The molecule has 2 aromatic carbocycles. The third-order valence-corrected chi connectivity index (χ3v) is 6.80. The first-order valence-electron chi connectivity index (χ1n) is 10.0. The van der Waals surface area contributed by atoms with E-state index in [1.54, 1.807) is 7.11 Å². The number of benzene rings is 2. The van der Waals surface area contributed by atoms with Gasteiger partial charge in [0, 0.05) is 17.0 Å². The number of methoxy groups -OCH3 is 1. The molecule has 31 heavy (non-hydrogen) atoms. The Bertz CT molecular complexity index is 1190. The number of ether oxygens (including phenoxy) is 2. The van der Waals surface area contributed by atoms with Gasteiger partial charge in [0.2, 0.25) is 0 Å². The molecule has 0 radical (unpaired) electrons. The molecule has 0 fully saturated rings. The smallest absolute Gasteiger partial charge is 0.118 e. The van der Waals surface area contributed by atoms with Crippen molar-refractivity contribution in [1.29, 1.82) is 0 Å². The molecule has 0 aliphatic heterocycles. The average molecular weight is 458 g/mol. The van der Waals surface area contributed by atoms with Crippen LogP contribution in [0.4, 0.5) is 0 Å². The second-order valence-corrected chi connectivity index (χ2v) is 8.93. The van der Waals surface area contributed by atoms with Gasteiger partial charge in [-0.15, -0.1) is 16.4 Å². The number of thiophene rings is 1. The third kappa shape index (κ3) is 4.45. The average Bonchev–Trinajstić information content (AvgIpc) is 3.38. The first-order valence-corrected chi connectivity index (χ1v) is 11.2. The van der Waals surface area contributed by atoms with Gasteiger partial charge in [0.25, 0.3) is 0 Å². The lowest BCUT2D eigenvalue weighted by Gasteiger charge is -2.12. The minimum atomic E-state index is -0.783. The monoisotopic (exact) mass is 457 g/mol. The maximum absolute atomic E-state index is 11.0. The van der Waals surface area contributed by atoms with Crippen LogP contribution in [-0.4, -0.2) is 27.2 Å². The van der Waals surface area contributed by atoms with Crippen LogP contribution in [0.2, 0.25) is 4.34 Å².